The number of nitrogens with zero attached hydrogens (tertiary/aromatic N) is 2. The number of carbonyl (C=O) groups is 2. The predicted octanol–water partition coefficient (Wildman–Crippen LogP) is 2.35. The molecule has 2 atom stereocenters. The molecule has 2 unspecified atom stereocenters. The second-order valence-corrected chi connectivity index (χ2v) is 7.37. The van der Waals surface area contributed by atoms with Crippen LogP contribution in [0, 0.1) is 5.92 Å². The van der Waals surface area contributed by atoms with Crippen molar-refractivity contribution >= 4 is 17.5 Å². The quantitative estimate of drug-likeness (QED) is 0.872. The first-order valence-electron chi connectivity index (χ1n) is 9.18. The fourth-order valence-electron chi connectivity index (χ4n) is 4.06. The third kappa shape index (κ3) is 5.00. The summed E-state index contributed by atoms with van der Waals surface area (Å²) >= 11 is 0. The molecule has 0 spiro atoms. The van der Waals surface area contributed by atoms with E-state index >= 15 is 0 Å². The Hall–Kier alpha value is -2.09. The Bertz CT molecular complexity index is 708. The zero-order valence-electron chi connectivity index (χ0n) is 15.3. The first kappa shape index (κ1) is 19.7. The molecule has 2 heterocycles. The molecular weight excluding hydrogens is 359 g/mol. The summed E-state index contributed by atoms with van der Waals surface area (Å²) < 4.78 is 38.1. The summed E-state index contributed by atoms with van der Waals surface area (Å²) in [7, 11) is 0. The summed E-state index contributed by atoms with van der Waals surface area (Å²) in [5.41, 5.74) is 1.75. The van der Waals surface area contributed by atoms with Gasteiger partial charge in [-0.2, -0.15) is 13.2 Å². The van der Waals surface area contributed by atoms with Crippen molar-refractivity contribution in [1.29, 1.82) is 0 Å². The number of anilines is 1. The van der Waals surface area contributed by atoms with Crippen molar-refractivity contribution in [3.05, 3.63) is 29.8 Å². The van der Waals surface area contributed by atoms with E-state index in [1.54, 1.807) is 4.90 Å². The number of rotatable bonds is 3. The minimum absolute atomic E-state index is 0.113. The average molecular weight is 383 g/mol. The third-order valence-electron chi connectivity index (χ3n) is 5.08. The normalized spacial score (nSPS) is 23.6. The molecule has 1 fully saturated rings. The van der Waals surface area contributed by atoms with E-state index in [2.05, 4.69) is 5.32 Å². The molecule has 5 nitrogen and oxygen atoms in total. The fraction of sp³-hybridized carbons (Fsp3) is 0.579. The monoisotopic (exact) mass is 383 g/mol. The molecule has 0 bridgehead atoms. The molecule has 0 saturated carbocycles. The van der Waals surface area contributed by atoms with E-state index in [1.807, 2.05) is 24.3 Å². The molecule has 1 N–H and O–H groups in total. The van der Waals surface area contributed by atoms with E-state index in [4.69, 9.17) is 0 Å². The minimum atomic E-state index is -4.26. The molecule has 1 saturated heterocycles. The smallest absolute Gasteiger partial charge is 0.351 e. The van der Waals surface area contributed by atoms with Gasteiger partial charge in [-0.1, -0.05) is 18.2 Å². The van der Waals surface area contributed by atoms with Crippen LogP contribution >= 0.6 is 0 Å². The largest absolute Gasteiger partial charge is 0.401 e. The molecule has 2 aliphatic heterocycles. The van der Waals surface area contributed by atoms with Gasteiger partial charge in [0.05, 0.1) is 18.5 Å². The highest BCUT2D eigenvalue weighted by atomic mass is 19.4. The summed E-state index contributed by atoms with van der Waals surface area (Å²) in [4.78, 5) is 27.6. The van der Waals surface area contributed by atoms with Gasteiger partial charge in [-0.15, -0.1) is 0 Å². The molecule has 1 aromatic rings. The predicted molar refractivity (Wildman–Crippen MR) is 95.3 cm³/mol. The van der Waals surface area contributed by atoms with Crippen molar-refractivity contribution < 1.29 is 22.8 Å². The Morgan fingerprint density at radius 1 is 1.22 bits per heavy atom. The van der Waals surface area contributed by atoms with Crippen molar-refractivity contribution in [2.75, 3.05) is 31.1 Å². The maximum Gasteiger partial charge on any atom is 0.401 e. The number of alkyl halides is 3. The lowest BCUT2D eigenvalue weighted by atomic mass is 9.92. The lowest BCUT2D eigenvalue weighted by molar-refractivity contribution is -0.151. The van der Waals surface area contributed by atoms with Crippen LogP contribution in [0.15, 0.2) is 24.3 Å². The van der Waals surface area contributed by atoms with E-state index < -0.39 is 18.6 Å². The topological polar surface area (TPSA) is 52.7 Å². The molecule has 3 rings (SSSR count). The van der Waals surface area contributed by atoms with E-state index in [-0.39, 0.29) is 24.4 Å². The van der Waals surface area contributed by atoms with Gasteiger partial charge in [0, 0.05) is 25.7 Å². The van der Waals surface area contributed by atoms with Gasteiger partial charge in [0.2, 0.25) is 11.8 Å². The molecular formula is C19H24F3N3O2. The Balaban J connectivity index is 1.77. The van der Waals surface area contributed by atoms with Gasteiger partial charge in [0.1, 0.15) is 0 Å². The van der Waals surface area contributed by atoms with Gasteiger partial charge in [0.25, 0.3) is 0 Å². The lowest BCUT2D eigenvalue weighted by Gasteiger charge is -2.39. The zero-order valence-corrected chi connectivity index (χ0v) is 15.3. The number of likely N-dealkylation sites (tertiary alicyclic amines) is 1. The summed E-state index contributed by atoms with van der Waals surface area (Å²) in [6.45, 7) is 1.26. The highest BCUT2D eigenvalue weighted by Crippen LogP contribution is 2.31. The number of halogens is 3. The standard InChI is InChI=1S/C19H24F3N3O2/c1-13(26)23-16-9-14-5-2-3-7-17(14)25(11-16)18(27)15-6-4-8-24(10-15)12-19(20,21)22/h2-3,5,7,15-16H,4,6,8-12H2,1H3,(H,23,26). The number of nitrogens with one attached hydrogen (secondary N) is 1. The van der Waals surface area contributed by atoms with Gasteiger partial charge in [0.15, 0.2) is 0 Å². The average Bonchev–Trinajstić information content (AvgIpc) is 2.58. The number of hydrogen-bond acceptors (Lipinski definition) is 3. The Labute approximate surface area is 156 Å². The van der Waals surface area contributed by atoms with Crippen LogP contribution in [0.4, 0.5) is 18.9 Å². The first-order valence-corrected chi connectivity index (χ1v) is 9.18. The van der Waals surface area contributed by atoms with Crippen molar-refractivity contribution in [1.82, 2.24) is 10.2 Å². The van der Waals surface area contributed by atoms with E-state index in [0.717, 1.165) is 11.3 Å². The minimum Gasteiger partial charge on any atom is -0.351 e. The number of para-hydroxylation sites is 1. The van der Waals surface area contributed by atoms with E-state index in [1.165, 1.54) is 11.8 Å². The highest BCUT2D eigenvalue weighted by Gasteiger charge is 2.37. The molecule has 2 aliphatic rings. The van der Waals surface area contributed by atoms with Crippen molar-refractivity contribution in [2.45, 2.75) is 38.4 Å². The summed E-state index contributed by atoms with van der Waals surface area (Å²) in [5.74, 6) is -0.796. The summed E-state index contributed by atoms with van der Waals surface area (Å²) in [5, 5.41) is 2.86. The first-order chi connectivity index (χ1) is 12.7. The Morgan fingerprint density at radius 2 is 1.96 bits per heavy atom. The van der Waals surface area contributed by atoms with Gasteiger partial charge in [-0.25, -0.2) is 0 Å². The SMILES string of the molecule is CC(=O)NC1Cc2ccccc2N(C(=O)C2CCCN(CC(F)(F)F)C2)C1. The lowest BCUT2D eigenvalue weighted by Crippen LogP contribution is -2.53. The zero-order chi connectivity index (χ0) is 19.6. The van der Waals surface area contributed by atoms with Crippen LogP contribution in [-0.4, -0.2) is 55.1 Å². The second-order valence-electron chi connectivity index (χ2n) is 7.37. The Morgan fingerprint density at radius 3 is 2.67 bits per heavy atom. The summed E-state index contributed by atoms with van der Waals surface area (Å²) in [6, 6.07) is 7.29. The molecule has 2 amide bonds. The maximum atomic E-state index is 13.2. The Kier molecular flexibility index (Phi) is 5.74. The molecule has 0 aliphatic carbocycles. The number of carbonyl (C=O) groups excluding carboxylic acids is 2. The number of hydrogen-bond donors (Lipinski definition) is 1. The van der Waals surface area contributed by atoms with Crippen LogP contribution < -0.4 is 10.2 Å². The number of benzene rings is 1. The second kappa shape index (κ2) is 7.88. The van der Waals surface area contributed by atoms with Crippen molar-refractivity contribution in [2.24, 2.45) is 5.92 Å². The van der Waals surface area contributed by atoms with Crippen LogP contribution in [0.2, 0.25) is 0 Å². The maximum absolute atomic E-state index is 13.2. The van der Waals surface area contributed by atoms with Gasteiger partial charge in [-0.05, 0) is 37.4 Å². The van der Waals surface area contributed by atoms with Crippen LogP contribution in [-0.2, 0) is 16.0 Å². The number of amides is 2. The molecule has 148 valence electrons. The van der Waals surface area contributed by atoms with Gasteiger partial charge >= 0.3 is 6.18 Å². The fourth-order valence-corrected chi connectivity index (χ4v) is 4.06. The van der Waals surface area contributed by atoms with E-state index in [0.29, 0.717) is 32.4 Å². The van der Waals surface area contributed by atoms with Crippen LogP contribution in [0.5, 0.6) is 0 Å². The third-order valence-corrected chi connectivity index (χ3v) is 5.08. The number of piperidine rings is 1. The molecule has 0 aromatic heterocycles. The molecule has 0 radical (unpaired) electrons. The number of fused-ring (bicyclic) bond motifs is 1. The van der Waals surface area contributed by atoms with Crippen LogP contribution in [0.1, 0.15) is 25.3 Å². The molecule has 1 aromatic carbocycles. The molecule has 8 heteroatoms. The van der Waals surface area contributed by atoms with Crippen LogP contribution in [0.25, 0.3) is 0 Å². The van der Waals surface area contributed by atoms with Crippen LogP contribution in [0.3, 0.4) is 0 Å². The van der Waals surface area contributed by atoms with E-state index in [9.17, 15) is 22.8 Å². The molecule has 27 heavy (non-hydrogen) atoms. The van der Waals surface area contributed by atoms with Crippen molar-refractivity contribution in [3.8, 4) is 0 Å². The van der Waals surface area contributed by atoms with Crippen molar-refractivity contribution in [3.63, 3.8) is 0 Å². The highest BCUT2D eigenvalue weighted by molar-refractivity contribution is 5.96. The van der Waals surface area contributed by atoms with Gasteiger partial charge in [-0.3, -0.25) is 14.5 Å². The van der Waals surface area contributed by atoms with Gasteiger partial charge < -0.3 is 10.2 Å². The summed E-state index contributed by atoms with van der Waals surface area (Å²) in [6.07, 6.45) is -2.49.